The number of nitrogens with one attached hydrogen (secondary N) is 3. The summed E-state index contributed by atoms with van der Waals surface area (Å²) in [5.74, 6) is -0.0196. The second kappa shape index (κ2) is 20.4. The molecule has 1 amide bonds. The molecular weight excluding hydrogens is 743 g/mol. The number of aromatic hydroxyl groups is 1. The monoisotopic (exact) mass is 793 g/mol. The maximum absolute atomic E-state index is 13.7. The van der Waals surface area contributed by atoms with Gasteiger partial charge < -0.3 is 30.2 Å². The maximum atomic E-state index is 13.7. The number of esters is 1. The van der Waals surface area contributed by atoms with Gasteiger partial charge in [-0.1, -0.05) is 78.9 Å². The van der Waals surface area contributed by atoms with Crippen molar-refractivity contribution in [2.24, 2.45) is 5.92 Å². The molecule has 4 aromatic carbocycles. The van der Waals surface area contributed by atoms with Gasteiger partial charge in [0.2, 0.25) is 5.56 Å². The minimum Gasteiger partial charge on any atom is -0.506 e. The number of pyridine rings is 2. The Labute approximate surface area is 344 Å². The maximum Gasteiger partial charge on any atom is 0.317 e. The fourth-order valence-electron chi connectivity index (χ4n) is 7.51. The molecule has 6 aromatic rings. The summed E-state index contributed by atoms with van der Waals surface area (Å²) in [6.07, 6.45) is 4.85. The van der Waals surface area contributed by atoms with Gasteiger partial charge in [0, 0.05) is 37.3 Å². The first kappa shape index (κ1) is 40.9. The number of aromatic nitrogens is 2. The van der Waals surface area contributed by atoms with Gasteiger partial charge in [-0.2, -0.15) is 0 Å². The summed E-state index contributed by atoms with van der Waals surface area (Å²) in [5.41, 5.74) is 5.45. The number of benzene rings is 4. The molecule has 1 fully saturated rings. The predicted molar refractivity (Wildman–Crippen MR) is 228 cm³/mol. The van der Waals surface area contributed by atoms with Crippen LogP contribution in [0.15, 0.2) is 132 Å². The minimum absolute atomic E-state index is 0.0447. The van der Waals surface area contributed by atoms with Gasteiger partial charge in [0.1, 0.15) is 17.4 Å². The van der Waals surface area contributed by atoms with Gasteiger partial charge in [0.25, 0.3) is 5.91 Å². The summed E-state index contributed by atoms with van der Waals surface area (Å²) >= 11 is 0. The third-order valence-corrected chi connectivity index (χ3v) is 10.8. The standard InChI is InChI=1S/C48H51N5O6/c54-43-19-16-36(42-18-20-44(55)52-46(42)43)21-25-49-31-40-17-15-39(30-51-40)47(56)50-24-8-28-58-41-14-7-13-38(29-41)45(37-11-5-2-6-12-37)48(57)59-33-35-22-26-53(27-23-35)32-34-9-3-1-4-10-34/h1-7,9-20,29-30,35,45,49,54H,8,21-28,31-33H2,(H,50,56)(H,52,55). The van der Waals surface area contributed by atoms with E-state index in [-0.39, 0.29) is 23.2 Å². The highest BCUT2D eigenvalue weighted by Gasteiger charge is 2.27. The lowest BCUT2D eigenvalue weighted by Gasteiger charge is -2.32. The zero-order valence-corrected chi connectivity index (χ0v) is 33.1. The number of piperidine rings is 1. The van der Waals surface area contributed by atoms with Gasteiger partial charge in [-0.15, -0.1) is 0 Å². The van der Waals surface area contributed by atoms with E-state index in [1.54, 1.807) is 24.4 Å². The SMILES string of the molecule is O=C(NCCCOc1cccc(C(C(=O)OCC2CCN(Cc3ccccc3)CC2)c2ccccc2)c1)c1ccc(CNCCc2ccc(O)c3[nH]c(=O)ccc23)nc1. The Morgan fingerprint density at radius 2 is 1.64 bits per heavy atom. The van der Waals surface area contributed by atoms with Crippen LogP contribution in [0.5, 0.6) is 11.5 Å². The van der Waals surface area contributed by atoms with Gasteiger partial charge in [-0.05, 0) is 110 Å². The number of phenolic OH excluding ortho intramolecular Hbond substituents is 1. The smallest absolute Gasteiger partial charge is 0.317 e. The summed E-state index contributed by atoms with van der Waals surface area (Å²) < 4.78 is 12.1. The van der Waals surface area contributed by atoms with Crippen LogP contribution < -0.4 is 20.9 Å². The van der Waals surface area contributed by atoms with Crippen LogP contribution in [-0.4, -0.2) is 71.2 Å². The Balaban J connectivity index is 0.831. The highest BCUT2D eigenvalue weighted by Crippen LogP contribution is 2.30. The van der Waals surface area contributed by atoms with Gasteiger partial charge >= 0.3 is 5.97 Å². The molecule has 1 unspecified atom stereocenters. The zero-order valence-electron chi connectivity index (χ0n) is 33.1. The van der Waals surface area contributed by atoms with Crippen molar-refractivity contribution in [1.29, 1.82) is 0 Å². The minimum atomic E-state index is -0.576. The summed E-state index contributed by atoms with van der Waals surface area (Å²) in [6, 6.07) is 38.1. The number of fused-ring (bicyclic) bond motifs is 1. The Hall–Kier alpha value is -6.30. The van der Waals surface area contributed by atoms with Crippen molar-refractivity contribution in [2.45, 2.75) is 44.7 Å². The third kappa shape index (κ3) is 11.4. The van der Waals surface area contributed by atoms with Crippen LogP contribution in [0.4, 0.5) is 0 Å². The van der Waals surface area contributed by atoms with Crippen molar-refractivity contribution < 1.29 is 24.2 Å². The van der Waals surface area contributed by atoms with E-state index >= 15 is 0 Å². The molecule has 59 heavy (non-hydrogen) atoms. The van der Waals surface area contributed by atoms with E-state index in [1.807, 2.05) is 72.8 Å². The molecule has 0 radical (unpaired) electrons. The molecule has 4 N–H and O–H groups in total. The van der Waals surface area contributed by atoms with Crippen LogP contribution >= 0.6 is 0 Å². The molecule has 1 aliphatic rings. The molecule has 0 aliphatic carbocycles. The fraction of sp³-hybridized carbons (Fsp3) is 0.292. The number of H-pyrrole nitrogens is 1. The average Bonchev–Trinajstić information content (AvgIpc) is 3.27. The number of phenols is 1. The summed E-state index contributed by atoms with van der Waals surface area (Å²) in [7, 11) is 0. The van der Waals surface area contributed by atoms with Crippen molar-refractivity contribution in [3.05, 3.63) is 171 Å². The molecule has 11 nitrogen and oxygen atoms in total. The van der Waals surface area contributed by atoms with E-state index in [4.69, 9.17) is 9.47 Å². The number of hydrogen-bond donors (Lipinski definition) is 4. The Bertz CT molecular complexity index is 2340. The largest absolute Gasteiger partial charge is 0.506 e. The van der Waals surface area contributed by atoms with Crippen molar-refractivity contribution in [3.8, 4) is 11.5 Å². The zero-order chi connectivity index (χ0) is 40.8. The van der Waals surface area contributed by atoms with E-state index in [1.165, 1.54) is 11.6 Å². The van der Waals surface area contributed by atoms with Gasteiger partial charge in [0.15, 0.2) is 0 Å². The molecule has 0 saturated carbocycles. The van der Waals surface area contributed by atoms with Crippen LogP contribution in [0.25, 0.3) is 10.9 Å². The van der Waals surface area contributed by atoms with E-state index < -0.39 is 5.92 Å². The summed E-state index contributed by atoms with van der Waals surface area (Å²) in [6.45, 7) is 5.32. The number of aromatic amines is 1. The topological polar surface area (TPSA) is 146 Å². The lowest BCUT2D eigenvalue weighted by atomic mass is 9.91. The van der Waals surface area contributed by atoms with Crippen LogP contribution in [0.1, 0.15) is 63.5 Å². The number of ether oxygens (including phenoxy) is 2. The first-order chi connectivity index (χ1) is 28.9. The highest BCUT2D eigenvalue weighted by molar-refractivity contribution is 5.93. The van der Waals surface area contributed by atoms with Crippen molar-refractivity contribution in [3.63, 3.8) is 0 Å². The average molecular weight is 794 g/mol. The molecule has 0 bridgehead atoms. The number of nitrogens with zero attached hydrogens (tertiary/aromatic N) is 2. The second-order valence-electron chi connectivity index (χ2n) is 15.0. The highest BCUT2D eigenvalue weighted by atomic mass is 16.5. The van der Waals surface area contributed by atoms with E-state index in [0.717, 1.165) is 60.2 Å². The Morgan fingerprint density at radius 3 is 2.42 bits per heavy atom. The van der Waals surface area contributed by atoms with Crippen molar-refractivity contribution in [2.75, 3.05) is 39.4 Å². The molecule has 2 aromatic heterocycles. The first-order valence-electron chi connectivity index (χ1n) is 20.4. The quantitative estimate of drug-likeness (QED) is 0.0549. The molecule has 11 heteroatoms. The van der Waals surface area contributed by atoms with Crippen LogP contribution in [0, 0.1) is 5.92 Å². The predicted octanol–water partition coefficient (Wildman–Crippen LogP) is 6.75. The molecule has 1 atom stereocenters. The first-order valence-corrected chi connectivity index (χ1v) is 20.4. The summed E-state index contributed by atoms with van der Waals surface area (Å²) in [4.78, 5) is 47.8. The number of rotatable bonds is 18. The lowest BCUT2D eigenvalue weighted by Crippen LogP contribution is -2.35. The second-order valence-corrected chi connectivity index (χ2v) is 15.0. The van der Waals surface area contributed by atoms with Crippen molar-refractivity contribution in [1.82, 2.24) is 25.5 Å². The molecule has 7 rings (SSSR count). The number of amides is 1. The molecule has 304 valence electrons. The van der Waals surface area contributed by atoms with Crippen molar-refractivity contribution >= 4 is 22.8 Å². The van der Waals surface area contributed by atoms with E-state index in [0.29, 0.717) is 68.4 Å². The number of carbonyl (C=O) groups is 2. The molecule has 0 spiro atoms. The number of likely N-dealkylation sites (tertiary alicyclic amines) is 1. The molecule has 1 aliphatic heterocycles. The number of hydrogen-bond acceptors (Lipinski definition) is 9. The van der Waals surface area contributed by atoms with Gasteiger partial charge in [-0.3, -0.25) is 24.3 Å². The van der Waals surface area contributed by atoms with E-state index in [9.17, 15) is 19.5 Å². The van der Waals surface area contributed by atoms with Crippen LogP contribution in [0.3, 0.4) is 0 Å². The number of carbonyl (C=O) groups excluding carboxylic acids is 2. The lowest BCUT2D eigenvalue weighted by molar-refractivity contribution is -0.146. The van der Waals surface area contributed by atoms with Crippen LogP contribution in [0.2, 0.25) is 0 Å². The molecule has 1 saturated heterocycles. The molecule has 3 heterocycles. The van der Waals surface area contributed by atoms with Crippen LogP contribution in [-0.2, 0) is 29.0 Å². The normalized spacial score (nSPS) is 13.8. The summed E-state index contributed by atoms with van der Waals surface area (Å²) in [5, 5.41) is 17.2. The van der Waals surface area contributed by atoms with Gasteiger partial charge in [0.05, 0.1) is 30.0 Å². The third-order valence-electron chi connectivity index (χ3n) is 10.8. The molecular formula is C48H51N5O6. The fourth-order valence-corrected chi connectivity index (χ4v) is 7.51. The Kier molecular flexibility index (Phi) is 14.1. The van der Waals surface area contributed by atoms with Gasteiger partial charge in [-0.25, -0.2) is 0 Å². The van der Waals surface area contributed by atoms with E-state index in [2.05, 4.69) is 49.8 Å². The Morgan fingerprint density at radius 1 is 0.864 bits per heavy atom.